The van der Waals surface area contributed by atoms with E-state index in [0.717, 1.165) is 6.07 Å². The van der Waals surface area contributed by atoms with Crippen LogP contribution in [-0.4, -0.2) is 26.1 Å². The van der Waals surface area contributed by atoms with E-state index in [4.69, 9.17) is 0 Å². The first-order valence-electron chi connectivity index (χ1n) is 4.74. The molecule has 0 aliphatic carbocycles. The molecule has 8 nitrogen and oxygen atoms in total. The molecule has 0 atom stereocenters. The molecule has 17 heavy (non-hydrogen) atoms. The van der Waals surface area contributed by atoms with E-state index >= 15 is 0 Å². The van der Waals surface area contributed by atoms with E-state index in [0.29, 0.717) is 5.69 Å². The van der Waals surface area contributed by atoms with Crippen LogP contribution in [0.3, 0.4) is 0 Å². The maximum Gasteiger partial charge on any atom is 0.325 e. The van der Waals surface area contributed by atoms with Crippen molar-refractivity contribution in [2.75, 3.05) is 5.32 Å². The predicted octanol–water partition coefficient (Wildman–Crippen LogP) is -1.03. The second-order valence-corrected chi connectivity index (χ2v) is 3.32. The molecule has 0 aromatic carbocycles. The summed E-state index contributed by atoms with van der Waals surface area (Å²) < 4.78 is 0. The minimum atomic E-state index is -0.636. The second-order valence-electron chi connectivity index (χ2n) is 3.32. The van der Waals surface area contributed by atoms with Gasteiger partial charge in [0, 0.05) is 18.0 Å². The largest absolute Gasteiger partial charge is 0.325 e. The summed E-state index contributed by atoms with van der Waals surface area (Å²) in [7, 11) is 0. The molecule has 0 aliphatic heterocycles. The van der Waals surface area contributed by atoms with Gasteiger partial charge in [0.15, 0.2) is 0 Å². The molecule has 0 bridgehead atoms. The maximum atomic E-state index is 11.5. The lowest BCUT2D eigenvalue weighted by molar-refractivity contribution is -0.115. The Morgan fingerprint density at radius 2 is 2.18 bits per heavy atom. The molecule has 0 spiro atoms. The van der Waals surface area contributed by atoms with Crippen LogP contribution in [0.4, 0.5) is 5.69 Å². The second kappa shape index (κ2) is 4.47. The van der Waals surface area contributed by atoms with Crippen molar-refractivity contribution in [3.05, 3.63) is 45.0 Å². The van der Waals surface area contributed by atoms with Crippen LogP contribution in [0.2, 0.25) is 0 Å². The molecular formula is C9H9N5O3. The number of rotatable bonds is 3. The third-order valence-corrected chi connectivity index (χ3v) is 1.95. The Morgan fingerprint density at radius 1 is 1.35 bits per heavy atom. The van der Waals surface area contributed by atoms with Gasteiger partial charge in [0.1, 0.15) is 0 Å². The molecule has 88 valence electrons. The highest BCUT2D eigenvalue weighted by molar-refractivity contribution is 5.91. The van der Waals surface area contributed by atoms with Gasteiger partial charge in [0.2, 0.25) is 5.91 Å². The quantitative estimate of drug-likeness (QED) is 0.542. The van der Waals surface area contributed by atoms with Crippen LogP contribution in [0.15, 0.2) is 28.0 Å². The van der Waals surface area contributed by atoms with Gasteiger partial charge < -0.3 is 10.3 Å². The molecule has 2 rings (SSSR count). The molecule has 0 saturated heterocycles. The van der Waals surface area contributed by atoms with Crippen molar-refractivity contribution in [2.45, 2.75) is 6.42 Å². The number of H-pyrrole nitrogens is 3. The molecule has 8 heteroatoms. The first kappa shape index (κ1) is 10.9. The van der Waals surface area contributed by atoms with Crippen LogP contribution in [-0.2, 0) is 11.2 Å². The highest BCUT2D eigenvalue weighted by Gasteiger charge is 2.06. The normalized spacial score (nSPS) is 10.1. The summed E-state index contributed by atoms with van der Waals surface area (Å²) in [6.45, 7) is 0. The lowest BCUT2D eigenvalue weighted by Crippen LogP contribution is -2.25. The summed E-state index contributed by atoms with van der Waals surface area (Å²) in [5.41, 5.74) is -0.412. The topological polar surface area (TPSA) is 124 Å². The number of aromatic nitrogens is 4. The van der Waals surface area contributed by atoms with E-state index in [9.17, 15) is 14.4 Å². The Hall–Kier alpha value is -2.64. The fourth-order valence-corrected chi connectivity index (χ4v) is 1.31. The van der Waals surface area contributed by atoms with Crippen LogP contribution in [0, 0.1) is 0 Å². The number of carbonyl (C=O) groups excluding carboxylic acids is 1. The number of hydrogen-bond donors (Lipinski definition) is 4. The summed E-state index contributed by atoms with van der Waals surface area (Å²) in [6, 6.07) is 1.16. The van der Waals surface area contributed by atoms with E-state index in [1.54, 1.807) is 0 Å². The lowest BCUT2D eigenvalue weighted by Gasteiger charge is -2.01. The molecule has 2 aromatic heterocycles. The van der Waals surface area contributed by atoms with Crippen molar-refractivity contribution >= 4 is 11.6 Å². The van der Waals surface area contributed by atoms with Crippen molar-refractivity contribution in [3.63, 3.8) is 0 Å². The molecule has 2 aromatic rings. The summed E-state index contributed by atoms with van der Waals surface area (Å²) in [5, 5.41) is 8.74. The number of carbonyl (C=O) groups is 1. The molecular weight excluding hydrogens is 226 g/mol. The van der Waals surface area contributed by atoms with Crippen molar-refractivity contribution in [1.82, 2.24) is 20.2 Å². The van der Waals surface area contributed by atoms with Crippen molar-refractivity contribution in [1.29, 1.82) is 0 Å². The third kappa shape index (κ3) is 2.91. The summed E-state index contributed by atoms with van der Waals surface area (Å²) in [6.07, 6.45) is 2.86. The van der Waals surface area contributed by atoms with Crippen molar-refractivity contribution in [2.24, 2.45) is 0 Å². The monoisotopic (exact) mass is 235 g/mol. The molecule has 1 amide bonds. The summed E-state index contributed by atoms with van der Waals surface area (Å²) in [4.78, 5) is 37.8. The predicted molar refractivity (Wildman–Crippen MR) is 58.6 cm³/mol. The smallest absolute Gasteiger partial charge is 0.323 e. The number of nitrogens with zero attached hydrogens (tertiary/aromatic N) is 1. The van der Waals surface area contributed by atoms with Crippen molar-refractivity contribution in [3.8, 4) is 0 Å². The summed E-state index contributed by atoms with van der Waals surface area (Å²) >= 11 is 0. The first-order valence-corrected chi connectivity index (χ1v) is 4.74. The van der Waals surface area contributed by atoms with Crippen LogP contribution in [0.1, 0.15) is 5.69 Å². The van der Waals surface area contributed by atoms with Crippen molar-refractivity contribution < 1.29 is 4.79 Å². The lowest BCUT2D eigenvalue weighted by atomic mass is 10.3. The standard InChI is InChI=1S/C9H9N5O3/c15-7(12-6-3-10-11-4-6)1-5-2-8(16)14-9(17)13-5/h2-4H,1H2,(H,10,11)(H,12,15)(H2,13,14,16,17). The molecule has 0 fully saturated rings. The van der Waals surface area contributed by atoms with E-state index in [1.165, 1.54) is 12.4 Å². The van der Waals surface area contributed by atoms with Gasteiger partial charge in [-0.25, -0.2) is 4.79 Å². The number of amides is 1. The molecule has 0 saturated carbocycles. The van der Waals surface area contributed by atoms with E-state index < -0.39 is 11.2 Å². The van der Waals surface area contributed by atoms with Gasteiger partial charge in [-0.3, -0.25) is 19.7 Å². The number of nitrogens with one attached hydrogen (secondary N) is 4. The number of hydrogen-bond acceptors (Lipinski definition) is 4. The Morgan fingerprint density at radius 3 is 2.82 bits per heavy atom. The minimum Gasteiger partial charge on any atom is -0.323 e. The molecule has 2 heterocycles. The SMILES string of the molecule is O=C(Cc1cc(=O)[nH]c(=O)[nH]1)Nc1cn[nH]c1. The first-order chi connectivity index (χ1) is 8.13. The van der Waals surface area contributed by atoms with Crippen LogP contribution in [0.5, 0.6) is 0 Å². The number of anilines is 1. The average Bonchev–Trinajstić information content (AvgIpc) is 2.67. The fourth-order valence-electron chi connectivity index (χ4n) is 1.31. The van der Waals surface area contributed by atoms with Gasteiger partial charge in [-0.1, -0.05) is 0 Å². The van der Waals surface area contributed by atoms with Gasteiger partial charge in [-0.15, -0.1) is 0 Å². The molecule has 0 radical (unpaired) electrons. The highest BCUT2D eigenvalue weighted by Crippen LogP contribution is 2.01. The van der Waals surface area contributed by atoms with Gasteiger partial charge >= 0.3 is 5.69 Å². The van der Waals surface area contributed by atoms with Gasteiger partial charge in [0.05, 0.1) is 18.3 Å². The minimum absolute atomic E-state index is 0.0929. The Labute approximate surface area is 94.1 Å². The van der Waals surface area contributed by atoms with E-state index in [2.05, 4.69) is 20.5 Å². The zero-order valence-corrected chi connectivity index (χ0v) is 8.61. The number of aromatic amines is 3. The van der Waals surface area contributed by atoms with Crippen LogP contribution in [0.25, 0.3) is 0 Å². The van der Waals surface area contributed by atoms with Gasteiger partial charge in [0.25, 0.3) is 5.56 Å². The van der Waals surface area contributed by atoms with Gasteiger partial charge in [-0.2, -0.15) is 5.10 Å². The Balaban J connectivity index is 2.08. The maximum absolute atomic E-state index is 11.5. The third-order valence-electron chi connectivity index (χ3n) is 1.95. The van der Waals surface area contributed by atoms with Crippen LogP contribution >= 0.6 is 0 Å². The summed E-state index contributed by atoms with van der Waals surface area (Å²) in [5.74, 6) is -0.354. The van der Waals surface area contributed by atoms with E-state index in [1.807, 2.05) is 4.98 Å². The molecule has 0 unspecified atom stereocenters. The van der Waals surface area contributed by atoms with E-state index in [-0.39, 0.29) is 18.0 Å². The highest BCUT2D eigenvalue weighted by atomic mass is 16.2. The molecule has 0 aliphatic rings. The van der Waals surface area contributed by atoms with Crippen LogP contribution < -0.4 is 16.6 Å². The molecule has 4 N–H and O–H groups in total. The average molecular weight is 235 g/mol. The Kier molecular flexibility index (Phi) is 2.86. The Bertz CT molecular complexity index is 596. The zero-order valence-electron chi connectivity index (χ0n) is 8.61. The zero-order chi connectivity index (χ0) is 12.3. The fraction of sp³-hybridized carbons (Fsp3) is 0.111. The van der Waals surface area contributed by atoms with Gasteiger partial charge in [-0.05, 0) is 0 Å².